The zero-order valence-corrected chi connectivity index (χ0v) is 18.0. The van der Waals surface area contributed by atoms with Crippen molar-refractivity contribution in [3.05, 3.63) is 140 Å². The molecule has 4 aromatic carbocycles. The zero-order chi connectivity index (χ0) is 20.9. The molecular weight excluding hydrogens is 395 g/mol. The van der Waals surface area contributed by atoms with Gasteiger partial charge in [-0.15, -0.1) is 0 Å². The fraction of sp³-hybridized carbons (Fsp3) is 0. The van der Waals surface area contributed by atoms with Crippen LogP contribution in [-0.4, -0.2) is 4.68 Å². The SMILES string of the molecule is c1ccc(N(c2ccccc2)n2cccc2P(c2ccccc2)c2ccccc2)cc1. The van der Waals surface area contributed by atoms with Gasteiger partial charge in [0, 0.05) is 14.1 Å². The molecule has 0 bridgehead atoms. The minimum Gasteiger partial charge on any atom is -0.255 e. The zero-order valence-electron chi connectivity index (χ0n) is 17.1. The highest BCUT2D eigenvalue weighted by Crippen LogP contribution is 2.35. The normalized spacial score (nSPS) is 10.9. The second-order valence-corrected chi connectivity index (χ2v) is 9.36. The number of hydrogen-bond donors (Lipinski definition) is 0. The van der Waals surface area contributed by atoms with E-state index in [-0.39, 0.29) is 0 Å². The van der Waals surface area contributed by atoms with Crippen molar-refractivity contribution in [3.8, 4) is 0 Å². The second kappa shape index (κ2) is 9.04. The standard InChI is InChI=1S/C28H23N2P/c1-5-14-24(15-6-1)30(25-16-7-2-8-17-25)29-23-13-22-28(29)31(26-18-9-3-10-19-26)27-20-11-4-12-21-27/h1-23H. The Morgan fingerprint density at radius 3 is 1.32 bits per heavy atom. The van der Waals surface area contributed by atoms with E-state index in [9.17, 15) is 0 Å². The van der Waals surface area contributed by atoms with Crippen LogP contribution in [0, 0.1) is 0 Å². The first-order valence-corrected chi connectivity index (χ1v) is 11.7. The summed E-state index contributed by atoms with van der Waals surface area (Å²) in [7, 11) is -0.722. The average molecular weight is 418 g/mol. The molecule has 0 radical (unpaired) electrons. The average Bonchev–Trinajstić information content (AvgIpc) is 3.31. The van der Waals surface area contributed by atoms with Gasteiger partial charge in [-0.2, -0.15) is 0 Å². The monoisotopic (exact) mass is 418 g/mol. The van der Waals surface area contributed by atoms with Gasteiger partial charge < -0.3 is 0 Å². The van der Waals surface area contributed by atoms with Crippen LogP contribution in [0.2, 0.25) is 0 Å². The third kappa shape index (κ3) is 4.03. The first kappa shape index (κ1) is 19.4. The van der Waals surface area contributed by atoms with E-state index < -0.39 is 7.92 Å². The van der Waals surface area contributed by atoms with Crippen LogP contribution in [-0.2, 0) is 0 Å². The Balaban J connectivity index is 1.71. The summed E-state index contributed by atoms with van der Waals surface area (Å²) >= 11 is 0. The quantitative estimate of drug-likeness (QED) is 0.314. The summed E-state index contributed by atoms with van der Waals surface area (Å²) in [5, 5.41) is 4.96. The molecule has 3 heteroatoms. The van der Waals surface area contributed by atoms with E-state index >= 15 is 0 Å². The van der Waals surface area contributed by atoms with E-state index in [0.29, 0.717) is 0 Å². The fourth-order valence-corrected chi connectivity index (χ4v) is 6.18. The van der Waals surface area contributed by atoms with E-state index in [4.69, 9.17) is 0 Å². The molecule has 0 spiro atoms. The van der Waals surface area contributed by atoms with Crippen LogP contribution >= 0.6 is 7.92 Å². The molecule has 0 aliphatic rings. The van der Waals surface area contributed by atoms with E-state index in [1.54, 1.807) is 0 Å². The summed E-state index contributed by atoms with van der Waals surface area (Å²) in [6, 6.07) is 47.2. The van der Waals surface area contributed by atoms with Crippen LogP contribution < -0.4 is 21.1 Å². The van der Waals surface area contributed by atoms with Crippen LogP contribution in [0.3, 0.4) is 0 Å². The maximum atomic E-state index is 2.30. The minimum atomic E-state index is -0.722. The predicted octanol–water partition coefficient (Wildman–Crippen LogP) is 5.85. The minimum absolute atomic E-state index is 0.722. The van der Waals surface area contributed by atoms with Crippen LogP contribution in [0.25, 0.3) is 0 Å². The van der Waals surface area contributed by atoms with Crippen LogP contribution in [0.5, 0.6) is 0 Å². The lowest BCUT2D eigenvalue weighted by molar-refractivity contribution is 0.847. The summed E-state index contributed by atoms with van der Waals surface area (Å²) in [5.41, 5.74) is 3.53. The number of benzene rings is 4. The molecule has 5 aromatic rings. The number of aromatic nitrogens is 1. The molecule has 0 saturated heterocycles. The maximum Gasteiger partial charge on any atom is 0.0721 e. The van der Waals surface area contributed by atoms with Crippen molar-refractivity contribution in [3.63, 3.8) is 0 Å². The van der Waals surface area contributed by atoms with Crippen molar-refractivity contribution in [2.45, 2.75) is 0 Å². The number of nitrogens with zero attached hydrogens (tertiary/aromatic N) is 2. The Morgan fingerprint density at radius 2 is 0.871 bits per heavy atom. The topological polar surface area (TPSA) is 8.17 Å². The predicted molar refractivity (Wildman–Crippen MR) is 134 cm³/mol. The summed E-state index contributed by atoms with van der Waals surface area (Å²) in [4.78, 5) is 0. The van der Waals surface area contributed by atoms with Crippen LogP contribution in [0.15, 0.2) is 140 Å². The van der Waals surface area contributed by atoms with Gasteiger partial charge in [-0.3, -0.25) is 4.68 Å². The largest absolute Gasteiger partial charge is 0.255 e. The van der Waals surface area contributed by atoms with Gasteiger partial charge in [0.25, 0.3) is 0 Å². The first-order valence-electron chi connectivity index (χ1n) is 10.4. The fourth-order valence-electron chi connectivity index (χ4n) is 3.81. The molecule has 0 aliphatic carbocycles. The first-order chi connectivity index (χ1) is 15.4. The Morgan fingerprint density at radius 1 is 0.452 bits per heavy atom. The molecule has 31 heavy (non-hydrogen) atoms. The third-order valence-corrected chi connectivity index (χ3v) is 7.62. The van der Waals surface area contributed by atoms with Crippen molar-refractivity contribution in [2.75, 3.05) is 5.01 Å². The third-order valence-electron chi connectivity index (χ3n) is 5.18. The molecule has 0 fully saturated rings. The molecule has 5 rings (SSSR count). The van der Waals surface area contributed by atoms with Gasteiger partial charge in [-0.1, -0.05) is 97.1 Å². The van der Waals surface area contributed by atoms with Gasteiger partial charge in [0.1, 0.15) is 0 Å². The molecule has 0 saturated carbocycles. The van der Waals surface area contributed by atoms with Crippen LogP contribution in [0.1, 0.15) is 0 Å². The smallest absolute Gasteiger partial charge is 0.0721 e. The summed E-state index contributed by atoms with van der Waals surface area (Å²) in [6.45, 7) is 0. The maximum absolute atomic E-state index is 2.30. The van der Waals surface area contributed by atoms with Gasteiger partial charge in [0.15, 0.2) is 0 Å². The van der Waals surface area contributed by atoms with E-state index in [1.165, 1.54) is 16.0 Å². The summed E-state index contributed by atoms with van der Waals surface area (Å²) in [6.07, 6.45) is 2.16. The Bertz CT molecular complexity index is 1040. The molecule has 150 valence electrons. The number of rotatable bonds is 6. The highest BCUT2D eigenvalue weighted by atomic mass is 31.1. The molecule has 0 N–H and O–H groups in total. The van der Waals surface area contributed by atoms with E-state index in [2.05, 4.69) is 149 Å². The van der Waals surface area contributed by atoms with Crippen molar-refractivity contribution in [2.24, 2.45) is 0 Å². The molecular formula is C28H23N2P. The lowest BCUT2D eigenvalue weighted by Gasteiger charge is -2.31. The van der Waals surface area contributed by atoms with Crippen molar-refractivity contribution in [1.29, 1.82) is 0 Å². The van der Waals surface area contributed by atoms with Crippen molar-refractivity contribution >= 4 is 35.3 Å². The van der Waals surface area contributed by atoms with Gasteiger partial charge >= 0.3 is 0 Å². The molecule has 0 amide bonds. The Hall–Kier alpha value is -3.61. The highest BCUT2D eigenvalue weighted by Gasteiger charge is 2.23. The lowest BCUT2D eigenvalue weighted by Crippen LogP contribution is -2.35. The Kier molecular flexibility index (Phi) is 5.64. The lowest BCUT2D eigenvalue weighted by atomic mass is 10.2. The van der Waals surface area contributed by atoms with Crippen LogP contribution in [0.4, 0.5) is 11.4 Å². The van der Waals surface area contributed by atoms with Crippen molar-refractivity contribution in [1.82, 2.24) is 4.68 Å². The molecule has 1 aromatic heterocycles. The molecule has 0 aliphatic heterocycles. The number of anilines is 2. The van der Waals surface area contributed by atoms with Gasteiger partial charge in [0.2, 0.25) is 0 Å². The van der Waals surface area contributed by atoms with E-state index in [0.717, 1.165) is 11.4 Å². The van der Waals surface area contributed by atoms with Gasteiger partial charge in [-0.05, 0) is 47.0 Å². The summed E-state index contributed by atoms with van der Waals surface area (Å²) in [5.74, 6) is 0. The second-order valence-electron chi connectivity index (χ2n) is 7.20. The highest BCUT2D eigenvalue weighted by molar-refractivity contribution is 7.79. The Labute approximate surface area is 184 Å². The molecule has 2 nitrogen and oxygen atoms in total. The molecule has 1 heterocycles. The molecule has 0 unspecified atom stereocenters. The van der Waals surface area contributed by atoms with Gasteiger partial charge in [0.05, 0.1) is 16.8 Å². The number of hydrogen-bond acceptors (Lipinski definition) is 1. The molecule has 0 atom stereocenters. The van der Waals surface area contributed by atoms with Crippen molar-refractivity contribution < 1.29 is 0 Å². The van der Waals surface area contributed by atoms with Gasteiger partial charge in [-0.25, -0.2) is 5.01 Å². The van der Waals surface area contributed by atoms with E-state index in [1.807, 2.05) is 0 Å². The summed E-state index contributed by atoms with van der Waals surface area (Å²) < 4.78 is 2.30. The number of para-hydroxylation sites is 2.